The van der Waals surface area contributed by atoms with E-state index in [0.717, 1.165) is 19.0 Å². The zero-order valence-corrected chi connectivity index (χ0v) is 10.3. The maximum Gasteiger partial charge on any atom is 0.320 e. The van der Waals surface area contributed by atoms with Crippen molar-refractivity contribution in [3.8, 4) is 0 Å². The fourth-order valence-electron chi connectivity index (χ4n) is 1.98. The maximum absolute atomic E-state index is 11.4. The first kappa shape index (κ1) is 12.5. The van der Waals surface area contributed by atoms with Gasteiger partial charge in [-0.05, 0) is 38.6 Å². The summed E-state index contributed by atoms with van der Waals surface area (Å²) in [5, 5.41) is 0. The second kappa shape index (κ2) is 5.50. The maximum atomic E-state index is 11.4. The Morgan fingerprint density at radius 1 is 1.40 bits per heavy atom. The van der Waals surface area contributed by atoms with Gasteiger partial charge in [-0.25, -0.2) is 0 Å². The van der Waals surface area contributed by atoms with Crippen LogP contribution in [0.25, 0.3) is 0 Å². The number of esters is 1. The smallest absolute Gasteiger partial charge is 0.320 e. The molecule has 3 nitrogen and oxygen atoms in total. The van der Waals surface area contributed by atoms with Crippen LogP contribution in [0.4, 0.5) is 0 Å². The number of carbonyl (C=O) groups is 1. The van der Waals surface area contributed by atoms with E-state index in [1.165, 1.54) is 6.42 Å². The molecule has 88 valence electrons. The van der Waals surface area contributed by atoms with Crippen LogP contribution in [0.15, 0.2) is 0 Å². The van der Waals surface area contributed by atoms with E-state index in [4.69, 9.17) is 4.74 Å². The lowest BCUT2D eigenvalue weighted by Gasteiger charge is -2.34. The van der Waals surface area contributed by atoms with Crippen LogP contribution in [0.5, 0.6) is 0 Å². The van der Waals surface area contributed by atoms with E-state index in [0.29, 0.717) is 12.5 Å². The molecular weight excluding hydrogens is 190 g/mol. The van der Waals surface area contributed by atoms with Crippen LogP contribution in [0, 0.1) is 11.8 Å². The highest BCUT2D eigenvalue weighted by molar-refractivity contribution is 5.71. The van der Waals surface area contributed by atoms with Gasteiger partial charge in [0.05, 0.1) is 12.6 Å². The van der Waals surface area contributed by atoms with Gasteiger partial charge in [0.2, 0.25) is 0 Å². The summed E-state index contributed by atoms with van der Waals surface area (Å²) in [4.78, 5) is 13.6. The minimum Gasteiger partial charge on any atom is -0.462 e. The van der Waals surface area contributed by atoms with Gasteiger partial charge < -0.3 is 4.74 Å². The monoisotopic (exact) mass is 213 g/mol. The molecule has 2 atom stereocenters. The van der Waals surface area contributed by atoms with Gasteiger partial charge in [-0.3, -0.25) is 9.69 Å². The lowest BCUT2D eigenvalue weighted by Crippen LogP contribution is -2.41. The van der Waals surface area contributed by atoms with Gasteiger partial charge in [0.1, 0.15) is 0 Å². The molecule has 0 bridgehead atoms. The van der Waals surface area contributed by atoms with Gasteiger partial charge in [0.15, 0.2) is 0 Å². The molecule has 0 spiro atoms. The fourth-order valence-corrected chi connectivity index (χ4v) is 1.98. The van der Waals surface area contributed by atoms with Crippen LogP contribution < -0.4 is 0 Å². The first-order valence-corrected chi connectivity index (χ1v) is 5.91. The highest BCUT2D eigenvalue weighted by Crippen LogP contribution is 2.22. The Hall–Kier alpha value is -0.570. The van der Waals surface area contributed by atoms with Crippen molar-refractivity contribution >= 4 is 5.97 Å². The summed E-state index contributed by atoms with van der Waals surface area (Å²) in [5.74, 6) is 1.37. The van der Waals surface area contributed by atoms with Gasteiger partial charge >= 0.3 is 5.97 Å². The Bertz CT molecular complexity index is 216. The molecule has 0 amide bonds. The van der Waals surface area contributed by atoms with Gasteiger partial charge in [-0.15, -0.1) is 0 Å². The van der Waals surface area contributed by atoms with E-state index in [1.54, 1.807) is 0 Å². The summed E-state index contributed by atoms with van der Waals surface area (Å²) in [6.45, 7) is 10.8. The molecule has 1 heterocycles. The zero-order valence-electron chi connectivity index (χ0n) is 10.3. The molecule has 1 fully saturated rings. The van der Waals surface area contributed by atoms with Crippen LogP contribution in [-0.2, 0) is 9.53 Å². The number of hydrogen-bond acceptors (Lipinski definition) is 3. The number of nitrogens with zero attached hydrogens (tertiary/aromatic N) is 1. The molecule has 1 aliphatic rings. The van der Waals surface area contributed by atoms with Crippen molar-refractivity contribution in [1.82, 2.24) is 4.90 Å². The van der Waals surface area contributed by atoms with Gasteiger partial charge in [-0.2, -0.15) is 0 Å². The van der Waals surface area contributed by atoms with E-state index < -0.39 is 0 Å². The number of piperidine rings is 1. The molecule has 1 aliphatic heterocycles. The number of rotatable bonds is 3. The van der Waals surface area contributed by atoms with Crippen LogP contribution in [0.3, 0.4) is 0 Å². The summed E-state index contributed by atoms with van der Waals surface area (Å²) in [6, 6.07) is 0. The van der Waals surface area contributed by atoms with E-state index in [9.17, 15) is 4.79 Å². The third-order valence-electron chi connectivity index (χ3n) is 3.14. The first-order valence-electron chi connectivity index (χ1n) is 5.91. The third kappa shape index (κ3) is 4.20. The van der Waals surface area contributed by atoms with E-state index in [2.05, 4.69) is 18.7 Å². The lowest BCUT2D eigenvalue weighted by atomic mass is 9.89. The topological polar surface area (TPSA) is 29.5 Å². The Morgan fingerprint density at radius 2 is 2.07 bits per heavy atom. The molecule has 1 saturated heterocycles. The molecule has 2 unspecified atom stereocenters. The molecule has 0 N–H and O–H groups in total. The predicted octanol–water partition coefficient (Wildman–Crippen LogP) is 1.92. The number of carbonyl (C=O) groups excluding carboxylic acids is 1. The molecule has 0 aromatic heterocycles. The van der Waals surface area contributed by atoms with Gasteiger partial charge in [0, 0.05) is 6.54 Å². The molecule has 0 radical (unpaired) electrons. The van der Waals surface area contributed by atoms with Gasteiger partial charge in [0.25, 0.3) is 0 Å². The SMILES string of the molecule is CC(C)OC(=O)CN1CCC(C)C(C)C1. The van der Waals surface area contributed by atoms with Crippen LogP contribution >= 0.6 is 0 Å². The molecule has 0 aromatic rings. The second-order valence-corrected chi connectivity index (χ2v) is 5.02. The Morgan fingerprint density at radius 3 is 2.60 bits per heavy atom. The van der Waals surface area contributed by atoms with Crippen LogP contribution in [0.1, 0.15) is 34.1 Å². The van der Waals surface area contributed by atoms with Crippen molar-refractivity contribution in [1.29, 1.82) is 0 Å². The van der Waals surface area contributed by atoms with Crippen molar-refractivity contribution < 1.29 is 9.53 Å². The summed E-state index contributed by atoms with van der Waals surface area (Å²) in [6.07, 6.45) is 1.19. The van der Waals surface area contributed by atoms with E-state index in [1.807, 2.05) is 13.8 Å². The Labute approximate surface area is 92.8 Å². The third-order valence-corrected chi connectivity index (χ3v) is 3.14. The lowest BCUT2D eigenvalue weighted by molar-refractivity contribution is -0.149. The summed E-state index contributed by atoms with van der Waals surface area (Å²) >= 11 is 0. The fraction of sp³-hybridized carbons (Fsp3) is 0.917. The predicted molar refractivity (Wildman–Crippen MR) is 60.6 cm³/mol. The normalized spacial score (nSPS) is 28.1. The molecule has 15 heavy (non-hydrogen) atoms. The highest BCUT2D eigenvalue weighted by atomic mass is 16.5. The summed E-state index contributed by atoms with van der Waals surface area (Å²) in [7, 11) is 0. The Balaban J connectivity index is 2.30. The zero-order chi connectivity index (χ0) is 11.4. The van der Waals surface area contributed by atoms with Crippen LogP contribution in [-0.4, -0.2) is 36.6 Å². The molecule has 0 aromatic carbocycles. The molecule has 0 aliphatic carbocycles. The standard InChI is InChI=1S/C12H23NO2/c1-9(2)15-12(14)8-13-6-5-10(3)11(4)7-13/h9-11H,5-8H2,1-4H3. The molecule has 3 heteroatoms. The average molecular weight is 213 g/mol. The molecule has 1 rings (SSSR count). The van der Waals surface area contributed by atoms with Gasteiger partial charge in [-0.1, -0.05) is 13.8 Å². The number of likely N-dealkylation sites (tertiary alicyclic amines) is 1. The van der Waals surface area contributed by atoms with Crippen molar-refractivity contribution in [2.45, 2.75) is 40.2 Å². The number of ether oxygens (including phenoxy) is 1. The quantitative estimate of drug-likeness (QED) is 0.671. The summed E-state index contributed by atoms with van der Waals surface area (Å²) < 4.78 is 5.13. The minimum absolute atomic E-state index is 0.00126. The number of hydrogen-bond donors (Lipinski definition) is 0. The minimum atomic E-state index is -0.0910. The van der Waals surface area contributed by atoms with Crippen molar-refractivity contribution in [3.63, 3.8) is 0 Å². The van der Waals surface area contributed by atoms with Crippen molar-refractivity contribution in [3.05, 3.63) is 0 Å². The summed E-state index contributed by atoms with van der Waals surface area (Å²) in [5.41, 5.74) is 0. The van der Waals surface area contributed by atoms with Crippen LogP contribution in [0.2, 0.25) is 0 Å². The first-order chi connectivity index (χ1) is 6.99. The molecular formula is C12H23NO2. The average Bonchev–Trinajstić information content (AvgIpc) is 2.10. The van der Waals surface area contributed by atoms with E-state index in [-0.39, 0.29) is 12.1 Å². The Kier molecular flexibility index (Phi) is 4.58. The largest absolute Gasteiger partial charge is 0.462 e. The van der Waals surface area contributed by atoms with Crippen molar-refractivity contribution in [2.75, 3.05) is 19.6 Å². The highest BCUT2D eigenvalue weighted by Gasteiger charge is 2.24. The molecule has 0 saturated carbocycles. The second-order valence-electron chi connectivity index (χ2n) is 5.02. The van der Waals surface area contributed by atoms with Crippen molar-refractivity contribution in [2.24, 2.45) is 11.8 Å². The van der Waals surface area contributed by atoms with E-state index >= 15 is 0 Å².